The number of amides is 1. The fourth-order valence-corrected chi connectivity index (χ4v) is 2.51. The summed E-state index contributed by atoms with van der Waals surface area (Å²) in [6, 6.07) is 15.7. The van der Waals surface area contributed by atoms with Crippen molar-refractivity contribution in [2.45, 2.75) is 26.3 Å². The molecule has 2 aromatic carbocycles. The summed E-state index contributed by atoms with van der Waals surface area (Å²) >= 11 is 6.13. The van der Waals surface area contributed by atoms with Crippen molar-refractivity contribution in [3.63, 3.8) is 0 Å². The summed E-state index contributed by atoms with van der Waals surface area (Å²) in [4.78, 5) is 12.6. The average molecular weight is 302 g/mol. The maximum absolute atomic E-state index is 12.6. The summed E-state index contributed by atoms with van der Waals surface area (Å²) in [6.07, 6.45) is 0. The van der Waals surface area contributed by atoms with Gasteiger partial charge in [0.25, 0.3) is 5.91 Å². The fourth-order valence-electron chi connectivity index (χ4n) is 2.29. The van der Waals surface area contributed by atoms with Gasteiger partial charge in [0.1, 0.15) is 0 Å². The summed E-state index contributed by atoms with van der Waals surface area (Å²) < 4.78 is 0. The van der Waals surface area contributed by atoms with Gasteiger partial charge in [0, 0.05) is 11.4 Å². The predicted octanol–water partition coefficient (Wildman–Crippen LogP) is 4.19. The van der Waals surface area contributed by atoms with Crippen LogP contribution in [0.1, 0.15) is 34.0 Å². The zero-order chi connectivity index (χ0) is 15.5. The van der Waals surface area contributed by atoms with Crippen LogP contribution in [-0.4, -0.2) is 11.8 Å². The van der Waals surface area contributed by atoms with E-state index in [1.807, 2.05) is 69.3 Å². The molecule has 1 unspecified atom stereocenters. The van der Waals surface area contributed by atoms with Gasteiger partial charge < -0.3 is 5.32 Å². The second kappa shape index (κ2) is 6.31. The first-order valence-corrected chi connectivity index (χ1v) is 7.51. The van der Waals surface area contributed by atoms with E-state index in [0.29, 0.717) is 11.4 Å². The minimum absolute atomic E-state index is 0.0943. The monoisotopic (exact) mass is 301 g/mol. The molecule has 2 aromatic rings. The standard InChI is InChI=1S/C18H20ClNO/c1-13-9-10-14(2)16(11-13)17(21)20-18(3,12-19)15-7-5-4-6-8-15/h4-11H,12H2,1-3H3,(H,20,21). The molecule has 3 heteroatoms. The second-order valence-corrected chi connectivity index (χ2v) is 5.87. The molecule has 1 N–H and O–H groups in total. The van der Waals surface area contributed by atoms with Crippen LogP contribution in [0.2, 0.25) is 0 Å². The van der Waals surface area contributed by atoms with E-state index in [9.17, 15) is 4.79 Å². The third-order valence-electron chi connectivity index (χ3n) is 3.71. The van der Waals surface area contributed by atoms with Crippen molar-refractivity contribution >= 4 is 17.5 Å². The Morgan fingerprint density at radius 3 is 2.43 bits per heavy atom. The molecule has 110 valence electrons. The van der Waals surface area contributed by atoms with Crippen molar-refractivity contribution in [3.05, 3.63) is 70.8 Å². The Labute approximate surface area is 131 Å². The minimum atomic E-state index is -0.587. The lowest BCUT2D eigenvalue weighted by Gasteiger charge is -2.29. The largest absolute Gasteiger partial charge is 0.342 e. The number of aryl methyl sites for hydroxylation is 2. The van der Waals surface area contributed by atoms with Crippen LogP contribution >= 0.6 is 11.6 Å². The summed E-state index contributed by atoms with van der Waals surface area (Å²) in [5.41, 5.74) is 3.14. The molecular weight excluding hydrogens is 282 g/mol. The molecule has 0 radical (unpaired) electrons. The lowest BCUT2D eigenvalue weighted by atomic mass is 9.93. The number of carbonyl (C=O) groups is 1. The zero-order valence-corrected chi connectivity index (χ0v) is 13.4. The Bertz CT molecular complexity index is 639. The predicted molar refractivity (Wildman–Crippen MR) is 87.9 cm³/mol. The van der Waals surface area contributed by atoms with E-state index in [1.54, 1.807) is 0 Å². The zero-order valence-electron chi connectivity index (χ0n) is 12.6. The van der Waals surface area contributed by atoms with Crippen LogP contribution in [0, 0.1) is 13.8 Å². The molecule has 21 heavy (non-hydrogen) atoms. The second-order valence-electron chi connectivity index (χ2n) is 5.60. The molecule has 0 saturated carbocycles. The first-order valence-electron chi connectivity index (χ1n) is 6.97. The fraction of sp³-hybridized carbons (Fsp3) is 0.278. The molecule has 0 aromatic heterocycles. The van der Waals surface area contributed by atoms with Gasteiger partial charge in [0.15, 0.2) is 0 Å². The average Bonchev–Trinajstić information content (AvgIpc) is 2.50. The molecular formula is C18H20ClNO. The van der Waals surface area contributed by atoms with Crippen LogP contribution in [0.25, 0.3) is 0 Å². The van der Waals surface area contributed by atoms with Gasteiger partial charge >= 0.3 is 0 Å². The highest BCUT2D eigenvalue weighted by molar-refractivity contribution is 6.19. The molecule has 2 nitrogen and oxygen atoms in total. The van der Waals surface area contributed by atoms with Crippen LogP contribution in [0.5, 0.6) is 0 Å². The maximum Gasteiger partial charge on any atom is 0.252 e. The molecule has 0 fully saturated rings. The van der Waals surface area contributed by atoms with Crippen LogP contribution in [0.4, 0.5) is 0 Å². The van der Waals surface area contributed by atoms with Gasteiger partial charge in [0.2, 0.25) is 0 Å². The molecule has 0 aliphatic rings. The number of carbonyl (C=O) groups excluding carboxylic acids is 1. The van der Waals surface area contributed by atoms with Crippen molar-refractivity contribution in [1.29, 1.82) is 0 Å². The van der Waals surface area contributed by atoms with Gasteiger partial charge in [-0.2, -0.15) is 0 Å². The molecule has 0 spiro atoms. The number of halogens is 1. The number of rotatable bonds is 4. The van der Waals surface area contributed by atoms with Crippen molar-refractivity contribution < 1.29 is 4.79 Å². The molecule has 2 rings (SSSR count). The van der Waals surface area contributed by atoms with Crippen LogP contribution in [-0.2, 0) is 5.54 Å². The SMILES string of the molecule is Cc1ccc(C)c(C(=O)NC(C)(CCl)c2ccccc2)c1. The Balaban J connectivity index is 2.30. The smallest absolute Gasteiger partial charge is 0.252 e. The lowest BCUT2D eigenvalue weighted by molar-refractivity contribution is 0.0912. The van der Waals surface area contributed by atoms with Gasteiger partial charge in [-0.3, -0.25) is 4.79 Å². The maximum atomic E-state index is 12.6. The number of nitrogens with one attached hydrogen (secondary N) is 1. The number of alkyl halides is 1. The van der Waals surface area contributed by atoms with E-state index in [2.05, 4.69) is 5.32 Å². The highest BCUT2D eigenvalue weighted by atomic mass is 35.5. The third kappa shape index (κ3) is 3.45. The molecule has 0 aliphatic carbocycles. The highest BCUT2D eigenvalue weighted by Gasteiger charge is 2.28. The van der Waals surface area contributed by atoms with Crippen molar-refractivity contribution in [3.8, 4) is 0 Å². The highest BCUT2D eigenvalue weighted by Crippen LogP contribution is 2.23. The summed E-state index contributed by atoms with van der Waals surface area (Å²) in [5, 5.41) is 3.07. The van der Waals surface area contributed by atoms with Gasteiger partial charge in [-0.05, 0) is 38.0 Å². The molecule has 0 aliphatic heterocycles. The topological polar surface area (TPSA) is 29.1 Å². The van der Waals surface area contributed by atoms with Gasteiger partial charge in [-0.25, -0.2) is 0 Å². The third-order valence-corrected chi connectivity index (χ3v) is 4.24. The van der Waals surface area contributed by atoms with Crippen molar-refractivity contribution in [2.75, 3.05) is 5.88 Å². The van der Waals surface area contributed by atoms with E-state index in [1.165, 1.54) is 0 Å². The molecule has 0 bridgehead atoms. The van der Waals surface area contributed by atoms with Gasteiger partial charge in [-0.15, -0.1) is 11.6 Å². The van der Waals surface area contributed by atoms with E-state index in [4.69, 9.17) is 11.6 Å². The summed E-state index contributed by atoms with van der Waals surface area (Å²) in [5.74, 6) is 0.219. The molecule has 1 atom stereocenters. The van der Waals surface area contributed by atoms with Crippen LogP contribution < -0.4 is 5.32 Å². The Hall–Kier alpha value is -1.80. The van der Waals surface area contributed by atoms with E-state index in [0.717, 1.165) is 16.7 Å². The first-order chi connectivity index (χ1) is 9.96. The Kier molecular flexibility index (Phi) is 4.69. The number of hydrogen-bond donors (Lipinski definition) is 1. The molecule has 0 heterocycles. The van der Waals surface area contributed by atoms with Crippen LogP contribution in [0.3, 0.4) is 0 Å². The number of hydrogen-bond acceptors (Lipinski definition) is 1. The summed E-state index contributed by atoms with van der Waals surface area (Å²) in [6.45, 7) is 5.86. The first kappa shape index (κ1) is 15.6. The Morgan fingerprint density at radius 1 is 1.14 bits per heavy atom. The number of benzene rings is 2. The van der Waals surface area contributed by atoms with Crippen molar-refractivity contribution in [1.82, 2.24) is 5.32 Å². The quantitative estimate of drug-likeness (QED) is 0.843. The van der Waals surface area contributed by atoms with Gasteiger partial charge in [0.05, 0.1) is 5.54 Å². The minimum Gasteiger partial charge on any atom is -0.342 e. The van der Waals surface area contributed by atoms with E-state index >= 15 is 0 Å². The van der Waals surface area contributed by atoms with Gasteiger partial charge in [-0.1, -0.05) is 48.0 Å². The molecule has 1 amide bonds. The lowest BCUT2D eigenvalue weighted by Crippen LogP contribution is -2.45. The molecule has 0 saturated heterocycles. The summed E-state index contributed by atoms with van der Waals surface area (Å²) in [7, 11) is 0. The van der Waals surface area contributed by atoms with Crippen LogP contribution in [0.15, 0.2) is 48.5 Å². The Morgan fingerprint density at radius 2 is 1.81 bits per heavy atom. The van der Waals surface area contributed by atoms with Crippen molar-refractivity contribution in [2.24, 2.45) is 0 Å². The normalized spacial score (nSPS) is 13.5. The van der Waals surface area contributed by atoms with E-state index in [-0.39, 0.29) is 5.91 Å². The van der Waals surface area contributed by atoms with E-state index < -0.39 is 5.54 Å².